The summed E-state index contributed by atoms with van der Waals surface area (Å²) >= 11 is 1.64. The molecule has 1 aliphatic rings. The van der Waals surface area contributed by atoms with Crippen molar-refractivity contribution in [3.05, 3.63) is 45.3 Å². The molecule has 3 aromatic rings. The van der Waals surface area contributed by atoms with Crippen molar-refractivity contribution in [2.24, 2.45) is 0 Å². The topological polar surface area (TPSA) is 79.7 Å². The number of fused-ring (bicyclic) bond motifs is 1. The van der Waals surface area contributed by atoms with Gasteiger partial charge < -0.3 is 14.6 Å². The third kappa shape index (κ3) is 4.07. The second kappa shape index (κ2) is 7.33. The summed E-state index contributed by atoms with van der Waals surface area (Å²) in [6.07, 6.45) is 3.08. The predicted octanol–water partition coefficient (Wildman–Crippen LogP) is 4.17. The molecule has 0 atom stereocenters. The molecule has 4 rings (SSSR count). The van der Waals surface area contributed by atoms with E-state index in [0.717, 1.165) is 34.6 Å². The Morgan fingerprint density at radius 3 is 2.62 bits per heavy atom. The zero-order chi connectivity index (χ0) is 20.8. The zero-order valence-electron chi connectivity index (χ0n) is 17.2. The Bertz CT molecular complexity index is 1100. The number of piperidine rings is 1. The van der Waals surface area contributed by atoms with Gasteiger partial charge in [0.2, 0.25) is 0 Å². The van der Waals surface area contributed by atoms with E-state index in [0.29, 0.717) is 13.1 Å². The molecular weight excluding hydrogens is 388 g/mol. The lowest BCUT2D eigenvalue weighted by molar-refractivity contribution is 0.0203. The van der Waals surface area contributed by atoms with Gasteiger partial charge in [0.15, 0.2) is 0 Å². The molecule has 0 saturated carbocycles. The number of carbonyl (C=O) groups is 1. The number of aryl methyl sites for hydroxylation is 1. The van der Waals surface area contributed by atoms with Crippen LogP contribution in [0.4, 0.5) is 4.79 Å². The van der Waals surface area contributed by atoms with Crippen molar-refractivity contribution < 1.29 is 9.53 Å². The summed E-state index contributed by atoms with van der Waals surface area (Å²) in [5, 5.41) is 6.66. The summed E-state index contributed by atoms with van der Waals surface area (Å²) in [4.78, 5) is 30.5. The van der Waals surface area contributed by atoms with Gasteiger partial charge in [-0.05, 0) is 57.5 Å². The maximum Gasteiger partial charge on any atom is 0.410 e. The maximum atomic E-state index is 12.4. The van der Waals surface area contributed by atoms with E-state index in [2.05, 4.69) is 28.5 Å². The van der Waals surface area contributed by atoms with Crippen LogP contribution < -0.4 is 5.56 Å². The summed E-state index contributed by atoms with van der Waals surface area (Å²) in [5.41, 5.74) is 3.12. The minimum absolute atomic E-state index is 0.128. The molecule has 7 nitrogen and oxygen atoms in total. The Morgan fingerprint density at radius 1 is 1.28 bits per heavy atom. The number of nitrogens with one attached hydrogen (secondary N) is 1. The lowest BCUT2D eigenvalue weighted by Crippen LogP contribution is -2.41. The Morgan fingerprint density at radius 2 is 2.00 bits per heavy atom. The molecule has 0 radical (unpaired) electrons. The van der Waals surface area contributed by atoms with E-state index in [1.54, 1.807) is 22.3 Å². The Kier molecular flexibility index (Phi) is 4.98. The number of amides is 1. The number of H-pyrrole nitrogens is 1. The van der Waals surface area contributed by atoms with Crippen molar-refractivity contribution in [3.8, 4) is 10.4 Å². The number of thiophene rings is 1. The number of ether oxygens (including phenoxy) is 1. The standard InChI is InChI=1S/C21H26N4O3S/c1-13-9-17(29-12-13)15-11-22-25-16(10-18(26)23-19(15)25)14-5-7-24(8-6-14)20(27)28-21(2,3)4/h9-12,14H,5-8H2,1-4H3,(H,23,26). The van der Waals surface area contributed by atoms with Crippen molar-refractivity contribution in [2.75, 3.05) is 13.1 Å². The smallest absolute Gasteiger partial charge is 0.410 e. The maximum absolute atomic E-state index is 12.4. The Balaban J connectivity index is 1.58. The average molecular weight is 415 g/mol. The number of hydrogen-bond acceptors (Lipinski definition) is 5. The summed E-state index contributed by atoms with van der Waals surface area (Å²) < 4.78 is 7.32. The number of carbonyl (C=O) groups excluding carboxylic acids is 1. The minimum atomic E-state index is -0.502. The Labute approximate surface area is 173 Å². The van der Waals surface area contributed by atoms with Crippen LogP contribution in [-0.4, -0.2) is 44.3 Å². The van der Waals surface area contributed by atoms with Crippen molar-refractivity contribution in [2.45, 2.75) is 52.1 Å². The third-order valence-electron chi connectivity index (χ3n) is 5.10. The quantitative estimate of drug-likeness (QED) is 0.682. The SMILES string of the molecule is Cc1csc(-c2cnn3c(C4CCN(C(=O)OC(C)(C)C)CC4)cc(=O)[nH]c23)c1. The molecular formula is C21H26N4O3S. The van der Waals surface area contributed by atoms with Gasteiger partial charge in [-0.25, -0.2) is 9.31 Å². The molecule has 0 aromatic carbocycles. The van der Waals surface area contributed by atoms with Crippen LogP contribution in [0, 0.1) is 6.92 Å². The number of nitrogens with zero attached hydrogens (tertiary/aromatic N) is 3. The van der Waals surface area contributed by atoms with Crippen LogP contribution in [-0.2, 0) is 4.74 Å². The molecule has 1 saturated heterocycles. The van der Waals surface area contributed by atoms with Gasteiger partial charge in [-0.2, -0.15) is 5.10 Å². The van der Waals surface area contributed by atoms with Crippen molar-refractivity contribution >= 4 is 23.1 Å². The van der Waals surface area contributed by atoms with Gasteiger partial charge in [0.1, 0.15) is 11.2 Å². The third-order valence-corrected chi connectivity index (χ3v) is 6.18. The van der Waals surface area contributed by atoms with E-state index in [9.17, 15) is 9.59 Å². The summed E-state index contributed by atoms with van der Waals surface area (Å²) in [6.45, 7) is 8.87. The van der Waals surface area contributed by atoms with Gasteiger partial charge in [-0.3, -0.25) is 4.79 Å². The van der Waals surface area contributed by atoms with E-state index in [4.69, 9.17) is 4.74 Å². The van der Waals surface area contributed by atoms with Crippen LogP contribution >= 0.6 is 11.3 Å². The van der Waals surface area contributed by atoms with Gasteiger partial charge in [-0.15, -0.1) is 11.3 Å². The molecule has 1 aliphatic heterocycles. The van der Waals surface area contributed by atoms with Gasteiger partial charge in [-0.1, -0.05) is 0 Å². The van der Waals surface area contributed by atoms with E-state index in [1.165, 1.54) is 5.56 Å². The molecule has 4 heterocycles. The highest BCUT2D eigenvalue weighted by Gasteiger charge is 2.29. The normalized spacial score (nSPS) is 15.8. The van der Waals surface area contributed by atoms with E-state index in [1.807, 2.05) is 31.5 Å². The minimum Gasteiger partial charge on any atom is -0.444 e. The van der Waals surface area contributed by atoms with Crippen LogP contribution in [0.5, 0.6) is 0 Å². The van der Waals surface area contributed by atoms with Gasteiger partial charge in [0, 0.05) is 30.0 Å². The highest BCUT2D eigenvalue weighted by atomic mass is 32.1. The van der Waals surface area contributed by atoms with Crippen LogP contribution in [0.2, 0.25) is 0 Å². The van der Waals surface area contributed by atoms with Crippen LogP contribution in [0.3, 0.4) is 0 Å². The average Bonchev–Trinajstić information content (AvgIpc) is 3.25. The van der Waals surface area contributed by atoms with Crippen LogP contribution in [0.15, 0.2) is 28.5 Å². The predicted molar refractivity (Wildman–Crippen MR) is 114 cm³/mol. The summed E-state index contributed by atoms with van der Waals surface area (Å²) in [6, 6.07) is 3.74. The molecule has 0 bridgehead atoms. The molecule has 0 unspecified atom stereocenters. The highest BCUT2D eigenvalue weighted by molar-refractivity contribution is 7.13. The molecule has 1 amide bonds. The number of hydrogen-bond donors (Lipinski definition) is 1. The fraction of sp³-hybridized carbons (Fsp3) is 0.476. The fourth-order valence-corrected chi connectivity index (χ4v) is 4.65. The first-order valence-electron chi connectivity index (χ1n) is 9.86. The first kappa shape index (κ1) is 19.7. The zero-order valence-corrected chi connectivity index (χ0v) is 18.0. The van der Waals surface area contributed by atoms with E-state index >= 15 is 0 Å². The molecule has 154 valence electrons. The molecule has 3 aromatic heterocycles. The second-order valence-corrected chi connectivity index (χ2v) is 9.52. The Hall–Kier alpha value is -2.61. The molecule has 8 heteroatoms. The molecule has 0 aliphatic carbocycles. The number of rotatable bonds is 2. The van der Waals surface area contributed by atoms with E-state index < -0.39 is 5.60 Å². The largest absolute Gasteiger partial charge is 0.444 e. The van der Waals surface area contributed by atoms with Crippen LogP contribution in [0.25, 0.3) is 16.1 Å². The van der Waals surface area contributed by atoms with Crippen molar-refractivity contribution in [1.29, 1.82) is 0 Å². The molecule has 29 heavy (non-hydrogen) atoms. The van der Waals surface area contributed by atoms with Crippen molar-refractivity contribution in [3.63, 3.8) is 0 Å². The lowest BCUT2D eigenvalue weighted by Gasteiger charge is -2.33. The molecule has 1 fully saturated rings. The summed E-state index contributed by atoms with van der Waals surface area (Å²) in [7, 11) is 0. The number of aromatic amines is 1. The monoisotopic (exact) mass is 414 g/mol. The first-order chi connectivity index (χ1) is 13.7. The molecule has 1 N–H and O–H groups in total. The van der Waals surface area contributed by atoms with Gasteiger partial charge >= 0.3 is 6.09 Å². The van der Waals surface area contributed by atoms with Crippen molar-refractivity contribution in [1.82, 2.24) is 19.5 Å². The van der Waals surface area contributed by atoms with Gasteiger partial charge in [0.05, 0.1) is 17.5 Å². The van der Waals surface area contributed by atoms with Crippen LogP contribution in [0.1, 0.15) is 50.8 Å². The van der Waals surface area contributed by atoms with E-state index in [-0.39, 0.29) is 17.6 Å². The molecule has 0 spiro atoms. The second-order valence-electron chi connectivity index (χ2n) is 8.61. The number of aromatic nitrogens is 3. The highest BCUT2D eigenvalue weighted by Crippen LogP contribution is 2.32. The number of likely N-dealkylation sites (tertiary alicyclic amines) is 1. The lowest BCUT2D eigenvalue weighted by atomic mass is 9.93. The summed E-state index contributed by atoms with van der Waals surface area (Å²) in [5.74, 6) is 0.163. The fourth-order valence-electron chi connectivity index (χ4n) is 3.74. The first-order valence-corrected chi connectivity index (χ1v) is 10.7. The van der Waals surface area contributed by atoms with Gasteiger partial charge in [0.25, 0.3) is 5.56 Å².